The van der Waals surface area contributed by atoms with Crippen LogP contribution in [-0.2, 0) is 9.59 Å². The number of hydrogen-bond acceptors (Lipinski definition) is 4. The van der Waals surface area contributed by atoms with Gasteiger partial charge in [0, 0.05) is 13.1 Å². The first-order chi connectivity index (χ1) is 11.1. The topological polar surface area (TPSA) is 61.9 Å². The molecule has 2 aliphatic rings. The fraction of sp³-hybridized carbons (Fsp3) is 0.529. The number of para-hydroxylation sites is 2. The molecule has 1 fully saturated rings. The van der Waals surface area contributed by atoms with Gasteiger partial charge in [0.15, 0.2) is 6.10 Å². The van der Waals surface area contributed by atoms with Gasteiger partial charge < -0.3 is 15.0 Å². The molecule has 24 heavy (non-hydrogen) atoms. The van der Waals surface area contributed by atoms with Crippen molar-refractivity contribution in [3.8, 4) is 5.75 Å². The van der Waals surface area contributed by atoms with E-state index >= 15 is 0 Å². The van der Waals surface area contributed by atoms with E-state index in [9.17, 15) is 9.59 Å². The number of halogens is 1. The minimum absolute atomic E-state index is 0. The molecular formula is C17H24ClN3O3. The second kappa shape index (κ2) is 7.85. The first kappa shape index (κ1) is 18.5. The highest BCUT2D eigenvalue weighted by Gasteiger charge is 2.34. The number of carbonyl (C=O) groups is 2. The predicted octanol–water partition coefficient (Wildman–Crippen LogP) is 1.29. The summed E-state index contributed by atoms with van der Waals surface area (Å²) in [7, 11) is 1.93. The summed E-state index contributed by atoms with van der Waals surface area (Å²) in [6.45, 7) is 4.24. The second-order valence-corrected chi connectivity index (χ2v) is 6.20. The van der Waals surface area contributed by atoms with Gasteiger partial charge in [-0.3, -0.25) is 14.5 Å². The molecule has 1 aromatic carbocycles. The Bertz CT molecular complexity index is 610. The molecule has 1 N–H and O–H groups in total. The lowest BCUT2D eigenvalue weighted by atomic mass is 10.1. The van der Waals surface area contributed by atoms with Crippen molar-refractivity contribution in [3.05, 3.63) is 24.3 Å². The van der Waals surface area contributed by atoms with E-state index in [-0.39, 0.29) is 30.8 Å². The Hall–Kier alpha value is -1.79. The number of likely N-dealkylation sites (tertiary alicyclic amines) is 1. The summed E-state index contributed by atoms with van der Waals surface area (Å²) in [6.07, 6.45) is 0.449. The van der Waals surface area contributed by atoms with Crippen LogP contribution in [0.4, 0.5) is 5.69 Å². The minimum atomic E-state index is -0.562. The van der Waals surface area contributed by atoms with E-state index in [0.717, 1.165) is 26.1 Å². The summed E-state index contributed by atoms with van der Waals surface area (Å²) < 4.78 is 5.61. The average Bonchev–Trinajstić information content (AvgIpc) is 3.01. The molecule has 7 heteroatoms. The quantitative estimate of drug-likeness (QED) is 0.886. The van der Waals surface area contributed by atoms with Crippen LogP contribution in [0.1, 0.15) is 13.3 Å². The molecule has 2 amide bonds. The molecule has 2 aliphatic heterocycles. The zero-order valence-corrected chi connectivity index (χ0v) is 14.8. The number of hydrogen-bond donors (Lipinski definition) is 1. The molecule has 0 aromatic heterocycles. The minimum Gasteiger partial charge on any atom is -0.479 e. The molecular weight excluding hydrogens is 330 g/mol. The summed E-state index contributed by atoms with van der Waals surface area (Å²) in [6, 6.07) is 7.36. The Morgan fingerprint density at radius 3 is 2.88 bits per heavy atom. The van der Waals surface area contributed by atoms with Crippen molar-refractivity contribution in [2.45, 2.75) is 19.4 Å². The maximum Gasteiger partial charge on any atom is 0.268 e. The molecule has 1 aromatic rings. The number of anilines is 1. The number of carbonyl (C=O) groups excluding carboxylic acids is 2. The highest BCUT2D eigenvalue weighted by Crippen LogP contribution is 2.33. The average molecular weight is 354 g/mol. The molecule has 0 spiro atoms. The fourth-order valence-corrected chi connectivity index (χ4v) is 3.27. The fourth-order valence-electron chi connectivity index (χ4n) is 3.27. The maximum atomic E-state index is 12.6. The molecule has 1 saturated heterocycles. The predicted molar refractivity (Wildman–Crippen MR) is 94.7 cm³/mol. The SMILES string of the molecule is CNCC1CCN(C(=O)CN2C(=O)C(C)Oc3ccccc32)C1.Cl. The molecule has 0 saturated carbocycles. The Morgan fingerprint density at radius 2 is 2.12 bits per heavy atom. The smallest absolute Gasteiger partial charge is 0.268 e. The van der Waals surface area contributed by atoms with Crippen LogP contribution in [-0.4, -0.2) is 56.0 Å². The molecule has 2 unspecified atom stereocenters. The molecule has 132 valence electrons. The number of nitrogens with zero attached hydrogens (tertiary/aromatic N) is 2. The van der Waals surface area contributed by atoms with E-state index < -0.39 is 6.10 Å². The van der Waals surface area contributed by atoms with Crippen LogP contribution in [0.3, 0.4) is 0 Å². The van der Waals surface area contributed by atoms with Crippen molar-refractivity contribution in [3.63, 3.8) is 0 Å². The summed E-state index contributed by atoms with van der Waals surface area (Å²) in [5.41, 5.74) is 0.676. The van der Waals surface area contributed by atoms with Gasteiger partial charge in [-0.05, 0) is 45.0 Å². The van der Waals surface area contributed by atoms with Gasteiger partial charge in [-0.1, -0.05) is 12.1 Å². The van der Waals surface area contributed by atoms with Crippen molar-refractivity contribution < 1.29 is 14.3 Å². The molecule has 0 radical (unpaired) electrons. The second-order valence-electron chi connectivity index (χ2n) is 6.20. The molecule has 2 atom stereocenters. The third-order valence-electron chi connectivity index (χ3n) is 4.50. The van der Waals surface area contributed by atoms with Gasteiger partial charge in [-0.2, -0.15) is 0 Å². The molecule has 2 heterocycles. The summed E-state index contributed by atoms with van der Waals surface area (Å²) in [5.74, 6) is 0.987. The Balaban J connectivity index is 0.00000208. The van der Waals surface area contributed by atoms with E-state index in [1.807, 2.05) is 36.2 Å². The van der Waals surface area contributed by atoms with E-state index in [4.69, 9.17) is 4.74 Å². The van der Waals surface area contributed by atoms with Crippen molar-refractivity contribution in [2.75, 3.05) is 38.1 Å². The largest absolute Gasteiger partial charge is 0.479 e. The van der Waals surface area contributed by atoms with Gasteiger partial charge in [0.05, 0.1) is 5.69 Å². The van der Waals surface area contributed by atoms with Crippen molar-refractivity contribution in [1.29, 1.82) is 0 Å². The van der Waals surface area contributed by atoms with Crippen molar-refractivity contribution in [1.82, 2.24) is 10.2 Å². The van der Waals surface area contributed by atoms with Gasteiger partial charge >= 0.3 is 0 Å². The highest BCUT2D eigenvalue weighted by atomic mass is 35.5. The van der Waals surface area contributed by atoms with Crippen LogP contribution in [0.25, 0.3) is 0 Å². The lowest BCUT2D eigenvalue weighted by molar-refractivity contribution is -0.132. The lowest BCUT2D eigenvalue weighted by Gasteiger charge is -2.33. The maximum absolute atomic E-state index is 12.6. The molecule has 6 nitrogen and oxygen atoms in total. The molecule has 3 rings (SSSR count). The Morgan fingerprint density at radius 1 is 1.38 bits per heavy atom. The van der Waals surface area contributed by atoms with E-state index in [1.165, 1.54) is 0 Å². The number of fused-ring (bicyclic) bond motifs is 1. The third kappa shape index (κ3) is 3.65. The number of nitrogens with one attached hydrogen (secondary N) is 1. The monoisotopic (exact) mass is 353 g/mol. The van der Waals surface area contributed by atoms with Crippen molar-refractivity contribution in [2.24, 2.45) is 5.92 Å². The zero-order valence-electron chi connectivity index (χ0n) is 14.0. The molecule has 0 bridgehead atoms. The van der Waals surface area contributed by atoms with Gasteiger partial charge in [0.25, 0.3) is 5.91 Å². The Kier molecular flexibility index (Phi) is 6.07. The van der Waals surface area contributed by atoms with Gasteiger partial charge in [-0.25, -0.2) is 0 Å². The van der Waals surface area contributed by atoms with Crippen LogP contribution >= 0.6 is 12.4 Å². The van der Waals surface area contributed by atoms with E-state index in [1.54, 1.807) is 11.8 Å². The van der Waals surface area contributed by atoms with Crippen LogP contribution in [0, 0.1) is 5.92 Å². The number of rotatable bonds is 4. The van der Waals surface area contributed by atoms with Gasteiger partial charge in [-0.15, -0.1) is 12.4 Å². The normalized spacial score (nSPS) is 22.7. The van der Waals surface area contributed by atoms with Crippen LogP contribution in [0.2, 0.25) is 0 Å². The van der Waals surface area contributed by atoms with E-state index in [0.29, 0.717) is 17.4 Å². The standard InChI is InChI=1S/C17H23N3O3.ClH/c1-12-17(22)20(14-5-3-4-6-15(14)23-12)11-16(21)19-8-7-13(10-19)9-18-2;/h3-6,12-13,18H,7-11H2,1-2H3;1H. The highest BCUT2D eigenvalue weighted by molar-refractivity contribution is 6.03. The van der Waals surface area contributed by atoms with Crippen LogP contribution in [0.5, 0.6) is 5.75 Å². The lowest BCUT2D eigenvalue weighted by Crippen LogP contribution is -2.49. The zero-order chi connectivity index (χ0) is 16.4. The van der Waals surface area contributed by atoms with Crippen molar-refractivity contribution >= 4 is 29.9 Å². The first-order valence-electron chi connectivity index (χ1n) is 8.09. The molecule has 0 aliphatic carbocycles. The third-order valence-corrected chi connectivity index (χ3v) is 4.50. The number of amides is 2. The summed E-state index contributed by atoms with van der Waals surface area (Å²) in [4.78, 5) is 28.4. The van der Waals surface area contributed by atoms with Crippen LogP contribution < -0.4 is 15.0 Å². The van der Waals surface area contributed by atoms with Gasteiger partial charge in [0.2, 0.25) is 5.91 Å². The van der Waals surface area contributed by atoms with Gasteiger partial charge in [0.1, 0.15) is 12.3 Å². The number of benzene rings is 1. The number of ether oxygens (including phenoxy) is 1. The Labute approximate surface area is 148 Å². The van der Waals surface area contributed by atoms with E-state index in [2.05, 4.69) is 5.32 Å². The summed E-state index contributed by atoms with van der Waals surface area (Å²) in [5, 5.41) is 3.16. The summed E-state index contributed by atoms with van der Waals surface area (Å²) >= 11 is 0. The first-order valence-corrected chi connectivity index (χ1v) is 8.09. The van der Waals surface area contributed by atoms with Crippen LogP contribution in [0.15, 0.2) is 24.3 Å².